The molecule has 0 amide bonds. The number of nitrogens with zero attached hydrogens (tertiary/aromatic N) is 5. The average molecular weight is 563 g/mol. The number of H-pyrrole nitrogens is 1. The van der Waals surface area contributed by atoms with Crippen molar-refractivity contribution in [3.8, 4) is 16.9 Å². The number of aromatic nitrogens is 5. The van der Waals surface area contributed by atoms with Gasteiger partial charge in [0.15, 0.2) is 0 Å². The highest BCUT2D eigenvalue weighted by Crippen LogP contribution is 2.40. The summed E-state index contributed by atoms with van der Waals surface area (Å²) in [5, 5.41) is 6.01. The number of rotatable bonds is 6. The fraction of sp³-hybridized carbons (Fsp3) is 0.323. The van der Waals surface area contributed by atoms with Gasteiger partial charge in [-0.05, 0) is 42.5 Å². The molecule has 0 saturated heterocycles. The lowest BCUT2D eigenvalue weighted by Crippen LogP contribution is -2.31. The number of alkyl halides is 3. The number of para-hydroxylation sites is 1. The van der Waals surface area contributed by atoms with Crippen LogP contribution in [0.5, 0.6) is 0 Å². The largest absolute Gasteiger partial charge is 0.419 e. The molecule has 0 atom stereocenters. The van der Waals surface area contributed by atoms with Crippen molar-refractivity contribution in [2.24, 2.45) is 0 Å². The number of benzene rings is 2. The van der Waals surface area contributed by atoms with Gasteiger partial charge in [-0.25, -0.2) is 19.0 Å². The zero-order chi connectivity index (χ0) is 28.9. The minimum Gasteiger partial charge on any atom is -0.361 e. The summed E-state index contributed by atoms with van der Waals surface area (Å²) >= 11 is 0. The molecule has 5 aromatic rings. The standard InChI is InChI=1S/C31H30F4N6/c1-4-18-8-7-9-19(5-2)28(18)41-29(23-14-25(32)21(6-3)27-22(23)10-12-36-27)24-17-40(13-11-26(24)39-41)30-37-15-20(16-38-30)31(33,34)35/h7-10,12,14-16,36H,4-6,11,13,17H2,1-3H3. The number of aryl methyl sites for hydroxylation is 3. The molecular formula is C31H30F4N6. The predicted octanol–water partition coefficient (Wildman–Crippen LogP) is 7.22. The van der Waals surface area contributed by atoms with Gasteiger partial charge in [0, 0.05) is 60.2 Å². The second-order valence-corrected chi connectivity index (χ2v) is 10.3. The maximum absolute atomic E-state index is 15.6. The molecule has 10 heteroatoms. The molecule has 0 aliphatic carbocycles. The Morgan fingerprint density at radius 3 is 2.32 bits per heavy atom. The van der Waals surface area contributed by atoms with Crippen LogP contribution in [-0.4, -0.2) is 31.3 Å². The van der Waals surface area contributed by atoms with Crippen LogP contribution < -0.4 is 4.90 Å². The minimum absolute atomic E-state index is 0.213. The molecule has 4 heterocycles. The van der Waals surface area contributed by atoms with Crippen LogP contribution >= 0.6 is 0 Å². The first-order valence-electron chi connectivity index (χ1n) is 13.9. The third-order valence-corrected chi connectivity index (χ3v) is 7.97. The van der Waals surface area contributed by atoms with Gasteiger partial charge in [-0.15, -0.1) is 0 Å². The number of anilines is 1. The third kappa shape index (κ3) is 4.55. The van der Waals surface area contributed by atoms with E-state index in [0.717, 1.165) is 69.9 Å². The van der Waals surface area contributed by atoms with Crippen LogP contribution in [0.25, 0.3) is 27.8 Å². The SMILES string of the molecule is CCc1cccc(CC)c1-n1nc2c(c1-c1cc(F)c(CC)c3[nH]ccc13)CN(c1ncc(C(F)(F)F)cn1)CC2. The Morgan fingerprint density at radius 2 is 1.68 bits per heavy atom. The maximum Gasteiger partial charge on any atom is 0.419 e. The first-order chi connectivity index (χ1) is 19.7. The van der Waals surface area contributed by atoms with Crippen LogP contribution in [0.4, 0.5) is 23.5 Å². The van der Waals surface area contributed by atoms with E-state index < -0.39 is 11.7 Å². The first-order valence-corrected chi connectivity index (χ1v) is 13.9. The molecule has 0 fully saturated rings. The van der Waals surface area contributed by atoms with E-state index in [0.29, 0.717) is 37.1 Å². The third-order valence-electron chi connectivity index (χ3n) is 7.97. The van der Waals surface area contributed by atoms with Crippen molar-refractivity contribution in [2.45, 2.75) is 59.2 Å². The van der Waals surface area contributed by atoms with E-state index in [2.05, 4.69) is 40.9 Å². The van der Waals surface area contributed by atoms with Crippen molar-refractivity contribution in [1.82, 2.24) is 24.7 Å². The zero-order valence-corrected chi connectivity index (χ0v) is 23.1. The van der Waals surface area contributed by atoms with Crippen LogP contribution in [0.15, 0.2) is 48.9 Å². The lowest BCUT2D eigenvalue weighted by atomic mass is 9.95. The number of nitrogens with one attached hydrogen (secondary N) is 1. The van der Waals surface area contributed by atoms with Gasteiger partial charge in [0.1, 0.15) is 5.82 Å². The molecule has 0 spiro atoms. The van der Waals surface area contributed by atoms with Crippen molar-refractivity contribution < 1.29 is 17.6 Å². The lowest BCUT2D eigenvalue weighted by Gasteiger charge is -2.27. The normalized spacial score (nSPS) is 13.7. The van der Waals surface area contributed by atoms with Crippen molar-refractivity contribution in [2.75, 3.05) is 11.4 Å². The molecule has 1 aliphatic heterocycles. The fourth-order valence-corrected chi connectivity index (χ4v) is 5.90. The van der Waals surface area contributed by atoms with Crippen molar-refractivity contribution >= 4 is 16.9 Å². The Hall–Kier alpha value is -4.21. The Morgan fingerprint density at radius 1 is 0.976 bits per heavy atom. The minimum atomic E-state index is -4.51. The predicted molar refractivity (Wildman–Crippen MR) is 151 cm³/mol. The summed E-state index contributed by atoms with van der Waals surface area (Å²) in [5.74, 6) is -0.0814. The van der Waals surface area contributed by atoms with E-state index in [1.165, 1.54) is 0 Å². The molecular weight excluding hydrogens is 532 g/mol. The Bertz CT molecular complexity index is 1710. The van der Waals surface area contributed by atoms with Crippen molar-refractivity contribution in [3.05, 3.63) is 88.3 Å². The highest BCUT2D eigenvalue weighted by Gasteiger charge is 2.33. The summed E-state index contributed by atoms with van der Waals surface area (Å²) < 4.78 is 57.0. The second-order valence-electron chi connectivity index (χ2n) is 10.3. The summed E-state index contributed by atoms with van der Waals surface area (Å²) in [7, 11) is 0. The Kier molecular flexibility index (Phi) is 6.79. The molecule has 0 saturated carbocycles. The summed E-state index contributed by atoms with van der Waals surface area (Å²) in [5.41, 5.74) is 6.98. The molecule has 6 nitrogen and oxygen atoms in total. The molecule has 1 N–H and O–H groups in total. The molecule has 0 radical (unpaired) electrons. The topological polar surface area (TPSA) is 62.6 Å². The molecule has 6 rings (SSSR count). The Labute approximate surface area is 235 Å². The number of fused-ring (bicyclic) bond motifs is 2. The van der Waals surface area contributed by atoms with Gasteiger partial charge in [0.05, 0.1) is 28.2 Å². The number of halogens is 4. The van der Waals surface area contributed by atoms with E-state index in [-0.39, 0.29) is 11.8 Å². The summed E-state index contributed by atoms with van der Waals surface area (Å²) in [4.78, 5) is 13.2. The summed E-state index contributed by atoms with van der Waals surface area (Å²) in [6, 6.07) is 9.78. The highest BCUT2D eigenvalue weighted by molar-refractivity contribution is 5.97. The number of hydrogen-bond acceptors (Lipinski definition) is 4. The monoisotopic (exact) mass is 562 g/mol. The van der Waals surface area contributed by atoms with Crippen LogP contribution in [0.1, 0.15) is 54.3 Å². The van der Waals surface area contributed by atoms with E-state index in [1.807, 2.05) is 34.8 Å². The molecule has 0 unspecified atom stereocenters. The molecule has 212 valence electrons. The van der Waals surface area contributed by atoms with E-state index in [4.69, 9.17) is 5.10 Å². The zero-order valence-electron chi connectivity index (χ0n) is 23.1. The van der Waals surface area contributed by atoms with Crippen molar-refractivity contribution in [3.63, 3.8) is 0 Å². The molecule has 41 heavy (non-hydrogen) atoms. The van der Waals surface area contributed by atoms with Gasteiger partial charge in [-0.1, -0.05) is 39.0 Å². The maximum atomic E-state index is 15.6. The van der Waals surface area contributed by atoms with E-state index in [9.17, 15) is 13.2 Å². The van der Waals surface area contributed by atoms with Gasteiger partial charge >= 0.3 is 6.18 Å². The molecule has 0 bridgehead atoms. The highest BCUT2D eigenvalue weighted by atomic mass is 19.4. The average Bonchev–Trinajstić information content (AvgIpc) is 3.61. The van der Waals surface area contributed by atoms with E-state index in [1.54, 1.807) is 6.07 Å². The van der Waals surface area contributed by atoms with Gasteiger partial charge in [0.25, 0.3) is 0 Å². The number of aromatic amines is 1. The van der Waals surface area contributed by atoms with Crippen LogP contribution in [0.2, 0.25) is 0 Å². The quantitative estimate of drug-likeness (QED) is 0.222. The van der Waals surface area contributed by atoms with E-state index >= 15 is 4.39 Å². The smallest absolute Gasteiger partial charge is 0.361 e. The Balaban J connectivity index is 1.58. The molecule has 2 aromatic carbocycles. The number of hydrogen-bond donors (Lipinski definition) is 1. The van der Waals surface area contributed by atoms with Gasteiger partial charge in [-0.2, -0.15) is 18.3 Å². The molecule has 3 aromatic heterocycles. The van der Waals surface area contributed by atoms with Gasteiger partial charge in [0.2, 0.25) is 5.95 Å². The lowest BCUT2D eigenvalue weighted by molar-refractivity contribution is -0.138. The second kappa shape index (κ2) is 10.3. The summed E-state index contributed by atoms with van der Waals surface area (Å²) in [6.45, 7) is 6.95. The van der Waals surface area contributed by atoms with Gasteiger partial charge < -0.3 is 9.88 Å². The molecule has 1 aliphatic rings. The first kappa shape index (κ1) is 27.0. The van der Waals surface area contributed by atoms with Crippen molar-refractivity contribution in [1.29, 1.82) is 0 Å². The van der Waals surface area contributed by atoms with Gasteiger partial charge in [-0.3, -0.25) is 0 Å². The van der Waals surface area contributed by atoms with Crippen LogP contribution in [0.3, 0.4) is 0 Å². The summed E-state index contributed by atoms with van der Waals surface area (Å²) in [6.07, 6.45) is 1.61. The van der Waals surface area contributed by atoms with Crippen LogP contribution in [-0.2, 0) is 38.4 Å². The van der Waals surface area contributed by atoms with Crippen LogP contribution in [0, 0.1) is 5.82 Å². The fourth-order valence-electron chi connectivity index (χ4n) is 5.90.